The van der Waals surface area contributed by atoms with Crippen molar-refractivity contribution in [2.45, 2.75) is 36.1 Å². The molecule has 0 bridgehead atoms. The first-order chi connectivity index (χ1) is 13.1. The molecule has 2 atom stereocenters. The molecule has 1 aliphatic rings. The number of sulfonamides is 1. The highest BCUT2D eigenvalue weighted by molar-refractivity contribution is 7.89. The van der Waals surface area contributed by atoms with Crippen LogP contribution < -0.4 is 9.46 Å². The van der Waals surface area contributed by atoms with Crippen LogP contribution in [0.15, 0.2) is 53.4 Å². The number of carboxylic acid groups (broad SMARTS) is 1. The van der Waals surface area contributed by atoms with Crippen LogP contribution in [0.1, 0.15) is 23.5 Å². The van der Waals surface area contributed by atoms with Crippen LogP contribution in [-0.2, 0) is 21.4 Å². The van der Waals surface area contributed by atoms with E-state index in [1.165, 1.54) is 0 Å². The molecule has 0 fully saturated rings. The molecule has 3 rings (SSSR count). The zero-order valence-corrected chi connectivity index (χ0v) is 15.1. The third-order valence-electron chi connectivity index (χ3n) is 4.36. The Hall–Kier alpha value is -2.59. The van der Waals surface area contributed by atoms with Crippen LogP contribution in [0.4, 0.5) is 13.2 Å². The van der Waals surface area contributed by atoms with Crippen molar-refractivity contribution < 1.29 is 36.2 Å². The first-order valence-electron chi connectivity index (χ1n) is 8.21. The average molecular weight is 415 g/mol. The SMILES string of the molecule is O=C(O)C1CC(C(F)(F)F)Oc2ccc(S(=O)(=O)NCc3ccccc3)cc21. The average Bonchev–Trinajstić information content (AvgIpc) is 2.65. The molecule has 0 saturated heterocycles. The molecule has 2 unspecified atom stereocenters. The number of carboxylic acids is 1. The molecule has 1 heterocycles. The third kappa shape index (κ3) is 4.28. The third-order valence-corrected chi connectivity index (χ3v) is 5.76. The molecular weight excluding hydrogens is 399 g/mol. The van der Waals surface area contributed by atoms with Crippen molar-refractivity contribution in [3.63, 3.8) is 0 Å². The lowest BCUT2D eigenvalue weighted by molar-refractivity contribution is -0.201. The number of aliphatic carboxylic acids is 1. The highest BCUT2D eigenvalue weighted by Crippen LogP contribution is 2.42. The Labute approximate surface area is 159 Å². The number of rotatable bonds is 5. The van der Waals surface area contributed by atoms with Gasteiger partial charge in [0.2, 0.25) is 10.0 Å². The van der Waals surface area contributed by atoms with Gasteiger partial charge in [-0.05, 0) is 23.8 Å². The van der Waals surface area contributed by atoms with Crippen LogP contribution in [-0.4, -0.2) is 31.8 Å². The molecule has 2 aromatic rings. The first kappa shape index (κ1) is 20.2. The predicted octanol–water partition coefficient (Wildman–Crippen LogP) is 3.05. The van der Waals surface area contributed by atoms with Crippen molar-refractivity contribution in [2.75, 3.05) is 0 Å². The number of fused-ring (bicyclic) bond motifs is 1. The van der Waals surface area contributed by atoms with E-state index < -0.39 is 40.6 Å². The van der Waals surface area contributed by atoms with Crippen molar-refractivity contribution in [1.82, 2.24) is 4.72 Å². The van der Waals surface area contributed by atoms with Gasteiger partial charge in [-0.2, -0.15) is 13.2 Å². The second-order valence-corrected chi connectivity index (χ2v) is 8.05. The minimum absolute atomic E-state index is 0.00919. The maximum absolute atomic E-state index is 13.0. The molecule has 6 nitrogen and oxygen atoms in total. The summed E-state index contributed by atoms with van der Waals surface area (Å²) in [5.74, 6) is -3.30. The molecule has 10 heteroatoms. The molecule has 0 aliphatic carbocycles. The molecular formula is C18H16F3NO5S. The van der Waals surface area contributed by atoms with E-state index in [1.807, 2.05) is 0 Å². The fraction of sp³-hybridized carbons (Fsp3) is 0.278. The molecule has 0 amide bonds. The summed E-state index contributed by atoms with van der Waals surface area (Å²) in [5.41, 5.74) is 0.611. The summed E-state index contributed by atoms with van der Waals surface area (Å²) in [5, 5.41) is 9.33. The van der Waals surface area contributed by atoms with E-state index in [9.17, 15) is 31.5 Å². The number of alkyl halides is 3. The van der Waals surface area contributed by atoms with E-state index in [4.69, 9.17) is 4.74 Å². The molecule has 0 saturated carbocycles. The minimum Gasteiger partial charge on any atom is -0.481 e. The molecule has 1 aliphatic heterocycles. The summed E-state index contributed by atoms with van der Waals surface area (Å²) in [6, 6.07) is 11.9. The second-order valence-electron chi connectivity index (χ2n) is 6.28. The molecule has 28 heavy (non-hydrogen) atoms. The van der Waals surface area contributed by atoms with Crippen molar-refractivity contribution in [1.29, 1.82) is 0 Å². The molecule has 0 radical (unpaired) electrons. The maximum Gasteiger partial charge on any atom is 0.425 e. The highest BCUT2D eigenvalue weighted by atomic mass is 32.2. The van der Waals surface area contributed by atoms with Gasteiger partial charge in [0.15, 0.2) is 6.10 Å². The lowest BCUT2D eigenvalue weighted by Gasteiger charge is -2.31. The van der Waals surface area contributed by atoms with Gasteiger partial charge in [-0.3, -0.25) is 4.79 Å². The Morgan fingerprint density at radius 1 is 1.18 bits per heavy atom. The van der Waals surface area contributed by atoms with E-state index in [1.54, 1.807) is 30.3 Å². The first-order valence-corrected chi connectivity index (χ1v) is 9.70. The van der Waals surface area contributed by atoms with Gasteiger partial charge in [0.05, 0.1) is 10.8 Å². The van der Waals surface area contributed by atoms with Crippen molar-refractivity contribution in [3.8, 4) is 5.75 Å². The van der Waals surface area contributed by atoms with Crippen molar-refractivity contribution in [3.05, 3.63) is 59.7 Å². The zero-order chi connectivity index (χ0) is 20.5. The summed E-state index contributed by atoms with van der Waals surface area (Å²) in [6.07, 6.45) is -7.82. The van der Waals surface area contributed by atoms with Crippen LogP contribution in [0, 0.1) is 0 Å². The quantitative estimate of drug-likeness (QED) is 0.783. The normalized spacial score (nSPS) is 19.5. The second kappa shape index (κ2) is 7.44. The van der Waals surface area contributed by atoms with Gasteiger partial charge in [0, 0.05) is 18.5 Å². The van der Waals surface area contributed by atoms with Crippen LogP contribution in [0.25, 0.3) is 0 Å². The van der Waals surface area contributed by atoms with Gasteiger partial charge in [-0.1, -0.05) is 30.3 Å². The zero-order valence-electron chi connectivity index (χ0n) is 14.3. The maximum atomic E-state index is 13.0. The van der Waals surface area contributed by atoms with Gasteiger partial charge >= 0.3 is 12.1 Å². The van der Waals surface area contributed by atoms with E-state index in [2.05, 4.69) is 4.72 Å². The lowest BCUT2D eigenvalue weighted by atomic mass is 9.89. The Bertz CT molecular complexity index is 976. The summed E-state index contributed by atoms with van der Waals surface area (Å²) in [7, 11) is -4.00. The van der Waals surface area contributed by atoms with Gasteiger partial charge in [0.25, 0.3) is 0 Å². The van der Waals surface area contributed by atoms with Gasteiger partial charge in [-0.25, -0.2) is 13.1 Å². The van der Waals surface area contributed by atoms with Gasteiger partial charge in [-0.15, -0.1) is 0 Å². The highest BCUT2D eigenvalue weighted by Gasteiger charge is 2.48. The number of halogens is 3. The largest absolute Gasteiger partial charge is 0.481 e. The molecule has 0 spiro atoms. The fourth-order valence-electron chi connectivity index (χ4n) is 2.91. The van der Waals surface area contributed by atoms with Crippen molar-refractivity contribution >= 4 is 16.0 Å². The predicted molar refractivity (Wildman–Crippen MR) is 92.4 cm³/mol. The number of ether oxygens (including phenoxy) is 1. The van der Waals surface area contributed by atoms with Gasteiger partial charge < -0.3 is 9.84 Å². The Kier molecular flexibility index (Phi) is 5.35. The van der Waals surface area contributed by atoms with Gasteiger partial charge in [0.1, 0.15) is 5.75 Å². The molecule has 2 N–H and O–H groups in total. The smallest absolute Gasteiger partial charge is 0.425 e. The van der Waals surface area contributed by atoms with Crippen LogP contribution in [0.3, 0.4) is 0 Å². The Balaban J connectivity index is 1.89. The van der Waals surface area contributed by atoms with E-state index in [0.717, 1.165) is 18.2 Å². The standard InChI is InChI=1S/C18H16F3NO5S/c19-18(20,21)16-9-14(17(23)24)13-8-12(6-7-15(13)27-16)28(25,26)22-10-11-4-2-1-3-5-11/h1-8,14,16,22H,9-10H2,(H,23,24). The van der Waals surface area contributed by atoms with Crippen LogP contribution in [0.2, 0.25) is 0 Å². The Morgan fingerprint density at radius 3 is 2.46 bits per heavy atom. The lowest BCUT2D eigenvalue weighted by Crippen LogP contribution is -2.40. The number of benzene rings is 2. The summed E-state index contributed by atoms with van der Waals surface area (Å²) in [4.78, 5) is 11.2. The number of carbonyl (C=O) groups is 1. The number of hydrogen-bond donors (Lipinski definition) is 2. The summed E-state index contributed by atoms with van der Waals surface area (Å²) in [6.45, 7) is 0.00919. The monoisotopic (exact) mass is 415 g/mol. The number of nitrogens with one attached hydrogen (secondary N) is 1. The summed E-state index contributed by atoms with van der Waals surface area (Å²) >= 11 is 0. The van der Waals surface area contributed by atoms with E-state index >= 15 is 0 Å². The molecule has 0 aromatic heterocycles. The summed E-state index contributed by atoms with van der Waals surface area (Å²) < 4.78 is 71.2. The topological polar surface area (TPSA) is 92.7 Å². The fourth-order valence-corrected chi connectivity index (χ4v) is 3.96. The van der Waals surface area contributed by atoms with Crippen molar-refractivity contribution in [2.24, 2.45) is 0 Å². The van der Waals surface area contributed by atoms with E-state index in [-0.39, 0.29) is 22.8 Å². The Morgan fingerprint density at radius 2 is 1.86 bits per heavy atom. The van der Waals surface area contributed by atoms with Crippen LogP contribution >= 0.6 is 0 Å². The molecule has 150 valence electrons. The number of hydrogen-bond acceptors (Lipinski definition) is 4. The van der Waals surface area contributed by atoms with Crippen LogP contribution in [0.5, 0.6) is 5.75 Å². The molecule has 2 aromatic carbocycles. The van der Waals surface area contributed by atoms with E-state index in [0.29, 0.717) is 5.56 Å². The minimum atomic E-state index is -4.73.